The van der Waals surface area contributed by atoms with Gasteiger partial charge in [0.25, 0.3) is 0 Å². The minimum atomic E-state index is -4.23. The van der Waals surface area contributed by atoms with Gasteiger partial charge in [0.05, 0.1) is 5.69 Å². The Bertz CT molecular complexity index is 1400. The third kappa shape index (κ3) is 4.39. The zero-order chi connectivity index (χ0) is 25.7. The van der Waals surface area contributed by atoms with Gasteiger partial charge in [-0.15, -0.1) is 0 Å². The number of aromatic nitrogens is 4. The third-order valence-electron chi connectivity index (χ3n) is 7.60. The van der Waals surface area contributed by atoms with Gasteiger partial charge in [0, 0.05) is 61.4 Å². The predicted octanol–water partition coefficient (Wildman–Crippen LogP) is 5.18. The van der Waals surface area contributed by atoms with E-state index < -0.39 is 12.2 Å². The molecule has 0 saturated carbocycles. The molecule has 2 saturated heterocycles. The Balaban J connectivity index is 1.28. The van der Waals surface area contributed by atoms with Gasteiger partial charge in [-0.05, 0) is 38.0 Å². The van der Waals surface area contributed by atoms with E-state index in [0.717, 1.165) is 28.3 Å². The van der Waals surface area contributed by atoms with E-state index in [9.17, 15) is 13.2 Å². The highest BCUT2D eigenvalue weighted by Gasteiger charge is 2.51. The second-order valence-electron chi connectivity index (χ2n) is 9.91. The summed E-state index contributed by atoms with van der Waals surface area (Å²) in [4.78, 5) is 17.7. The van der Waals surface area contributed by atoms with Crippen molar-refractivity contribution >= 4 is 17.4 Å². The number of imidazole rings is 1. The number of rotatable bonds is 6. The summed E-state index contributed by atoms with van der Waals surface area (Å²) in [5, 5.41) is 3.45. The summed E-state index contributed by atoms with van der Waals surface area (Å²) >= 11 is 0. The van der Waals surface area contributed by atoms with Crippen LogP contribution >= 0.6 is 0 Å². The van der Waals surface area contributed by atoms with Crippen molar-refractivity contribution < 1.29 is 13.2 Å². The van der Waals surface area contributed by atoms with E-state index in [4.69, 9.17) is 4.98 Å². The summed E-state index contributed by atoms with van der Waals surface area (Å²) in [5.74, 6) is 1.44. The number of alkyl halides is 3. The highest BCUT2D eigenvalue weighted by atomic mass is 19.4. The van der Waals surface area contributed by atoms with Gasteiger partial charge in [0.1, 0.15) is 17.5 Å². The summed E-state index contributed by atoms with van der Waals surface area (Å²) in [6, 6.07) is 14.4. The lowest BCUT2D eigenvalue weighted by atomic mass is 10.1. The van der Waals surface area contributed by atoms with Crippen LogP contribution < -0.4 is 10.2 Å². The fourth-order valence-electron chi connectivity index (χ4n) is 5.58. The molecule has 4 atom stereocenters. The van der Waals surface area contributed by atoms with Crippen molar-refractivity contribution in [2.45, 2.75) is 50.6 Å². The minimum absolute atomic E-state index is 0.0236. The van der Waals surface area contributed by atoms with Gasteiger partial charge in [0.2, 0.25) is 5.95 Å². The van der Waals surface area contributed by atoms with E-state index in [1.54, 1.807) is 17.3 Å². The highest BCUT2D eigenvalue weighted by Crippen LogP contribution is 2.39. The van der Waals surface area contributed by atoms with Crippen LogP contribution in [0.15, 0.2) is 67.1 Å². The van der Waals surface area contributed by atoms with E-state index in [1.807, 2.05) is 47.0 Å². The largest absolute Gasteiger partial charge is 0.403 e. The zero-order valence-corrected chi connectivity index (χ0v) is 20.6. The van der Waals surface area contributed by atoms with Crippen molar-refractivity contribution in [3.8, 4) is 11.3 Å². The smallest absolute Gasteiger partial charge is 0.364 e. The molecule has 2 bridgehead atoms. The Morgan fingerprint density at radius 2 is 1.78 bits per heavy atom. The van der Waals surface area contributed by atoms with Gasteiger partial charge in [-0.25, -0.2) is 15.0 Å². The van der Waals surface area contributed by atoms with Crippen LogP contribution in [-0.2, 0) is 0 Å². The van der Waals surface area contributed by atoms with Crippen molar-refractivity contribution in [2.24, 2.45) is 0 Å². The normalized spacial score (nSPS) is 21.5. The first-order chi connectivity index (χ1) is 17.8. The third-order valence-corrected chi connectivity index (χ3v) is 7.60. The topological polar surface area (TPSA) is 61.6 Å². The van der Waals surface area contributed by atoms with Crippen molar-refractivity contribution in [3.05, 3.63) is 72.7 Å². The Kier molecular flexibility index (Phi) is 5.78. The van der Waals surface area contributed by atoms with Crippen molar-refractivity contribution in [2.75, 3.05) is 23.3 Å². The number of anilines is 2. The zero-order valence-electron chi connectivity index (χ0n) is 20.6. The summed E-state index contributed by atoms with van der Waals surface area (Å²) in [6.07, 6.45) is 1.79. The maximum absolute atomic E-state index is 13.4. The fraction of sp³-hybridized carbons (Fsp3) is 0.370. The van der Waals surface area contributed by atoms with E-state index >= 15 is 0 Å². The molecular weight excluding hydrogens is 479 g/mol. The van der Waals surface area contributed by atoms with Crippen molar-refractivity contribution in [1.29, 1.82) is 0 Å². The van der Waals surface area contributed by atoms with E-state index in [-0.39, 0.29) is 18.1 Å². The molecule has 5 heterocycles. The standard InChI is InChI=1S/C27H28F3N7/c1-17(19-6-4-3-5-7-19)33-24-12-20(8-9-31-24)23-14-25-32-10-11-35(25)26(34-23)37-16-21-13-22(37)15-36(21)18(2)27(28,29)30/h3-12,14,17-18,21-22H,13,15-16H2,1-2H3,(H,31,33)/t17?,18?,21-,22+/m1/s1. The molecule has 10 heteroatoms. The number of piperazine rings is 1. The number of benzene rings is 1. The maximum Gasteiger partial charge on any atom is 0.403 e. The maximum atomic E-state index is 13.4. The molecule has 2 unspecified atom stereocenters. The minimum Gasteiger partial charge on any atom is -0.364 e. The van der Waals surface area contributed by atoms with Gasteiger partial charge in [0.15, 0.2) is 0 Å². The van der Waals surface area contributed by atoms with E-state index in [1.165, 1.54) is 6.92 Å². The van der Waals surface area contributed by atoms with Crippen LogP contribution in [0.2, 0.25) is 0 Å². The first kappa shape index (κ1) is 23.7. The molecule has 0 aliphatic carbocycles. The molecule has 7 nitrogen and oxygen atoms in total. The number of nitrogens with one attached hydrogen (secondary N) is 1. The first-order valence-corrected chi connectivity index (χ1v) is 12.5. The van der Waals surface area contributed by atoms with E-state index in [0.29, 0.717) is 25.5 Å². The van der Waals surface area contributed by atoms with Crippen LogP contribution in [0.25, 0.3) is 16.9 Å². The van der Waals surface area contributed by atoms with Gasteiger partial charge in [-0.3, -0.25) is 9.30 Å². The Morgan fingerprint density at radius 3 is 2.51 bits per heavy atom. The average molecular weight is 508 g/mol. The molecule has 2 aliphatic heterocycles. The van der Waals surface area contributed by atoms with Crippen molar-refractivity contribution in [3.63, 3.8) is 0 Å². The van der Waals surface area contributed by atoms with Crippen LogP contribution in [0.4, 0.5) is 24.9 Å². The molecular formula is C27H28F3N7. The predicted molar refractivity (Wildman–Crippen MR) is 136 cm³/mol. The van der Waals surface area contributed by atoms with Crippen LogP contribution in [0.3, 0.4) is 0 Å². The highest BCUT2D eigenvalue weighted by molar-refractivity contribution is 5.68. The molecule has 2 aliphatic rings. The van der Waals surface area contributed by atoms with Crippen LogP contribution in [-0.4, -0.2) is 61.6 Å². The molecule has 6 rings (SSSR count). The molecule has 3 aromatic heterocycles. The number of likely N-dealkylation sites (tertiary alicyclic amines) is 1. The molecule has 0 radical (unpaired) electrons. The molecule has 2 fully saturated rings. The summed E-state index contributed by atoms with van der Waals surface area (Å²) in [7, 11) is 0. The summed E-state index contributed by atoms with van der Waals surface area (Å²) < 4.78 is 42.0. The number of nitrogens with zero attached hydrogens (tertiary/aromatic N) is 6. The van der Waals surface area contributed by atoms with Gasteiger partial charge < -0.3 is 10.2 Å². The number of pyridine rings is 1. The van der Waals surface area contributed by atoms with Crippen LogP contribution in [0.1, 0.15) is 31.9 Å². The van der Waals surface area contributed by atoms with Crippen LogP contribution in [0.5, 0.6) is 0 Å². The molecule has 0 amide bonds. The number of hydrogen-bond donors (Lipinski definition) is 1. The molecule has 192 valence electrons. The molecule has 1 N–H and O–H groups in total. The number of fused-ring (bicyclic) bond motifs is 3. The number of hydrogen-bond acceptors (Lipinski definition) is 6. The van der Waals surface area contributed by atoms with Crippen LogP contribution in [0, 0.1) is 0 Å². The quantitative estimate of drug-likeness (QED) is 0.388. The Morgan fingerprint density at radius 1 is 0.973 bits per heavy atom. The van der Waals surface area contributed by atoms with Gasteiger partial charge in [-0.2, -0.15) is 13.2 Å². The lowest BCUT2D eigenvalue weighted by molar-refractivity contribution is -0.181. The van der Waals surface area contributed by atoms with Gasteiger partial charge in [-0.1, -0.05) is 30.3 Å². The van der Waals surface area contributed by atoms with Crippen molar-refractivity contribution in [1.82, 2.24) is 24.3 Å². The second kappa shape index (κ2) is 9.02. The second-order valence-corrected chi connectivity index (χ2v) is 9.91. The van der Waals surface area contributed by atoms with E-state index in [2.05, 4.69) is 39.2 Å². The molecule has 4 aromatic rings. The Labute approximate surface area is 213 Å². The lowest BCUT2D eigenvalue weighted by Gasteiger charge is -2.38. The molecule has 1 aromatic carbocycles. The average Bonchev–Trinajstić information content (AvgIpc) is 3.63. The summed E-state index contributed by atoms with van der Waals surface area (Å²) in [5.41, 5.74) is 3.54. The summed E-state index contributed by atoms with van der Waals surface area (Å²) in [6.45, 7) is 4.22. The molecule has 0 spiro atoms. The first-order valence-electron chi connectivity index (χ1n) is 12.5. The van der Waals surface area contributed by atoms with Gasteiger partial charge >= 0.3 is 6.18 Å². The fourth-order valence-corrected chi connectivity index (χ4v) is 5.58. The lowest BCUT2D eigenvalue weighted by Crippen LogP contribution is -2.54. The number of halogens is 3. The SMILES string of the molecule is CC(Nc1cc(-c2cc3nccn3c(N3C[C@H]4C[C@H]3CN4C(C)C(F)(F)F)n2)ccn1)c1ccccc1. The Hall–Kier alpha value is -3.66. The molecule has 37 heavy (non-hydrogen) atoms. The monoisotopic (exact) mass is 507 g/mol.